The molecule has 0 aliphatic carbocycles. The first kappa shape index (κ1) is 16.0. The summed E-state index contributed by atoms with van der Waals surface area (Å²) in [4.78, 5) is 20.5. The summed E-state index contributed by atoms with van der Waals surface area (Å²) < 4.78 is 5.74. The Labute approximate surface area is 150 Å². The molecule has 0 unspecified atom stereocenters. The van der Waals surface area contributed by atoms with Gasteiger partial charge >= 0.3 is 0 Å². The van der Waals surface area contributed by atoms with Crippen molar-refractivity contribution < 1.29 is 9.21 Å². The molecule has 2 aromatic carbocycles. The van der Waals surface area contributed by atoms with E-state index in [9.17, 15) is 4.79 Å². The van der Waals surface area contributed by atoms with Crippen molar-refractivity contribution in [1.29, 1.82) is 0 Å². The van der Waals surface area contributed by atoms with E-state index in [2.05, 4.69) is 15.3 Å². The smallest absolute Gasteiger partial charge is 0.227 e. The van der Waals surface area contributed by atoms with E-state index in [0.717, 1.165) is 22.2 Å². The van der Waals surface area contributed by atoms with E-state index in [4.69, 9.17) is 4.42 Å². The van der Waals surface area contributed by atoms with Crippen molar-refractivity contribution in [3.05, 3.63) is 84.2 Å². The Morgan fingerprint density at radius 1 is 0.962 bits per heavy atom. The predicted octanol–water partition coefficient (Wildman–Crippen LogP) is 3.75. The summed E-state index contributed by atoms with van der Waals surface area (Å²) in [5.74, 6) is 0.569. The van der Waals surface area contributed by atoms with Crippen LogP contribution in [-0.4, -0.2) is 15.9 Å². The van der Waals surface area contributed by atoms with Crippen molar-refractivity contribution in [3.63, 3.8) is 0 Å². The maximum Gasteiger partial charge on any atom is 0.227 e. The summed E-state index contributed by atoms with van der Waals surface area (Å²) in [6.45, 7) is 0.490. The van der Waals surface area contributed by atoms with Gasteiger partial charge in [0.1, 0.15) is 5.52 Å². The summed E-state index contributed by atoms with van der Waals surface area (Å²) in [7, 11) is 0. The molecule has 2 aromatic heterocycles. The second-order valence-corrected chi connectivity index (χ2v) is 6.00. The van der Waals surface area contributed by atoms with Crippen LogP contribution >= 0.6 is 0 Å². The fourth-order valence-corrected chi connectivity index (χ4v) is 2.71. The van der Waals surface area contributed by atoms with Crippen LogP contribution in [0.4, 0.5) is 0 Å². The number of carbonyl (C=O) groups excluding carboxylic acids is 1. The van der Waals surface area contributed by atoms with Crippen LogP contribution in [0, 0.1) is 0 Å². The second-order valence-electron chi connectivity index (χ2n) is 6.00. The molecule has 128 valence electrons. The molecule has 0 saturated heterocycles. The zero-order valence-corrected chi connectivity index (χ0v) is 14.1. The van der Waals surface area contributed by atoms with Crippen molar-refractivity contribution in [3.8, 4) is 11.5 Å². The van der Waals surface area contributed by atoms with E-state index in [1.54, 1.807) is 18.5 Å². The number of benzene rings is 2. The highest BCUT2D eigenvalue weighted by atomic mass is 16.3. The summed E-state index contributed by atoms with van der Waals surface area (Å²) >= 11 is 0. The number of oxazole rings is 1. The predicted molar refractivity (Wildman–Crippen MR) is 99.2 cm³/mol. The maximum absolute atomic E-state index is 12.0. The molecule has 0 aliphatic rings. The molecule has 4 aromatic rings. The minimum atomic E-state index is 0.00623. The van der Waals surface area contributed by atoms with Gasteiger partial charge < -0.3 is 9.73 Å². The van der Waals surface area contributed by atoms with Crippen LogP contribution in [0.1, 0.15) is 11.1 Å². The summed E-state index contributed by atoms with van der Waals surface area (Å²) in [6, 6.07) is 19.3. The lowest BCUT2D eigenvalue weighted by Crippen LogP contribution is -2.24. The van der Waals surface area contributed by atoms with E-state index in [1.807, 2.05) is 54.6 Å². The first-order valence-electron chi connectivity index (χ1n) is 8.38. The van der Waals surface area contributed by atoms with E-state index < -0.39 is 0 Å². The third kappa shape index (κ3) is 3.62. The van der Waals surface area contributed by atoms with E-state index in [-0.39, 0.29) is 5.91 Å². The number of nitrogens with one attached hydrogen (secondary N) is 1. The van der Waals surface area contributed by atoms with Gasteiger partial charge in [0, 0.05) is 24.4 Å². The molecule has 0 atom stereocenters. The van der Waals surface area contributed by atoms with Crippen molar-refractivity contribution in [2.45, 2.75) is 13.0 Å². The molecule has 2 heterocycles. The van der Waals surface area contributed by atoms with E-state index >= 15 is 0 Å². The fraction of sp³-hybridized carbons (Fsp3) is 0.0952. The number of nitrogens with zero attached hydrogens (tertiary/aromatic N) is 2. The standard InChI is InChI=1S/C21H17N3O2/c25-20(12-15-4-2-1-3-5-15)23-13-16-6-8-17(9-7-16)21-24-18-14-22-11-10-19(18)26-21/h1-11,14H,12-13H2,(H,23,25). The lowest BCUT2D eigenvalue weighted by Gasteiger charge is -2.06. The monoisotopic (exact) mass is 343 g/mol. The molecule has 0 fully saturated rings. The molecule has 0 radical (unpaired) electrons. The second kappa shape index (κ2) is 7.19. The van der Waals surface area contributed by atoms with Crippen LogP contribution in [0.3, 0.4) is 0 Å². The molecule has 0 spiro atoms. The summed E-state index contributed by atoms with van der Waals surface area (Å²) in [6.07, 6.45) is 3.74. The number of hydrogen-bond acceptors (Lipinski definition) is 4. The topological polar surface area (TPSA) is 68.0 Å². The molecule has 4 rings (SSSR count). The van der Waals surface area contributed by atoms with Crippen LogP contribution in [0.5, 0.6) is 0 Å². The molecule has 0 saturated carbocycles. The number of rotatable bonds is 5. The highest BCUT2D eigenvalue weighted by Gasteiger charge is 2.08. The molecule has 26 heavy (non-hydrogen) atoms. The number of aromatic nitrogens is 2. The van der Waals surface area contributed by atoms with Crippen LogP contribution in [-0.2, 0) is 17.8 Å². The lowest BCUT2D eigenvalue weighted by molar-refractivity contribution is -0.120. The Balaban J connectivity index is 1.39. The van der Waals surface area contributed by atoms with Crippen molar-refractivity contribution in [2.75, 3.05) is 0 Å². The minimum absolute atomic E-state index is 0.00623. The Hall–Kier alpha value is -3.47. The Kier molecular flexibility index (Phi) is 4.43. The van der Waals surface area contributed by atoms with Gasteiger partial charge in [0.2, 0.25) is 11.8 Å². The highest BCUT2D eigenvalue weighted by Crippen LogP contribution is 2.23. The van der Waals surface area contributed by atoms with Gasteiger partial charge in [0.15, 0.2) is 5.58 Å². The van der Waals surface area contributed by atoms with Crippen LogP contribution in [0.25, 0.3) is 22.6 Å². The number of hydrogen-bond donors (Lipinski definition) is 1. The summed E-state index contributed by atoms with van der Waals surface area (Å²) in [5, 5.41) is 2.94. The van der Waals surface area contributed by atoms with Crippen molar-refractivity contribution >= 4 is 17.0 Å². The van der Waals surface area contributed by atoms with Gasteiger partial charge in [-0.15, -0.1) is 0 Å². The third-order valence-electron chi connectivity index (χ3n) is 4.09. The van der Waals surface area contributed by atoms with Gasteiger partial charge in [-0.25, -0.2) is 4.98 Å². The van der Waals surface area contributed by atoms with Gasteiger partial charge in [0.25, 0.3) is 0 Å². The van der Waals surface area contributed by atoms with Gasteiger partial charge in [-0.1, -0.05) is 42.5 Å². The van der Waals surface area contributed by atoms with E-state index in [0.29, 0.717) is 24.4 Å². The molecular weight excluding hydrogens is 326 g/mol. The molecular formula is C21H17N3O2. The fourth-order valence-electron chi connectivity index (χ4n) is 2.71. The molecule has 1 N–H and O–H groups in total. The molecule has 0 bridgehead atoms. The lowest BCUT2D eigenvalue weighted by atomic mass is 10.1. The quantitative estimate of drug-likeness (QED) is 0.599. The zero-order chi connectivity index (χ0) is 17.8. The number of fused-ring (bicyclic) bond motifs is 1. The van der Waals surface area contributed by atoms with Crippen LogP contribution < -0.4 is 5.32 Å². The van der Waals surface area contributed by atoms with E-state index in [1.165, 1.54) is 0 Å². The minimum Gasteiger partial charge on any atom is -0.436 e. The Bertz CT molecular complexity index is 991. The first-order chi connectivity index (χ1) is 12.8. The van der Waals surface area contributed by atoms with Gasteiger partial charge in [-0.2, -0.15) is 0 Å². The van der Waals surface area contributed by atoms with Crippen LogP contribution in [0.2, 0.25) is 0 Å². The van der Waals surface area contributed by atoms with Crippen LogP contribution in [0.15, 0.2) is 77.5 Å². The summed E-state index contributed by atoms with van der Waals surface area (Å²) in [5.41, 5.74) is 4.37. The van der Waals surface area contributed by atoms with Crippen molar-refractivity contribution in [2.24, 2.45) is 0 Å². The molecule has 1 amide bonds. The molecule has 5 nitrogen and oxygen atoms in total. The zero-order valence-electron chi connectivity index (χ0n) is 14.1. The largest absolute Gasteiger partial charge is 0.436 e. The normalized spacial score (nSPS) is 10.8. The Morgan fingerprint density at radius 2 is 1.77 bits per heavy atom. The highest BCUT2D eigenvalue weighted by molar-refractivity contribution is 5.78. The van der Waals surface area contributed by atoms with Gasteiger partial charge in [0.05, 0.1) is 12.6 Å². The molecule has 5 heteroatoms. The third-order valence-corrected chi connectivity index (χ3v) is 4.09. The van der Waals surface area contributed by atoms with Gasteiger partial charge in [-0.05, 0) is 23.3 Å². The number of carbonyl (C=O) groups is 1. The first-order valence-corrected chi connectivity index (χ1v) is 8.38. The van der Waals surface area contributed by atoms with Gasteiger partial charge in [-0.3, -0.25) is 9.78 Å². The Morgan fingerprint density at radius 3 is 2.54 bits per heavy atom. The SMILES string of the molecule is O=C(Cc1ccccc1)NCc1ccc(-c2nc3cnccc3o2)cc1. The average molecular weight is 343 g/mol. The maximum atomic E-state index is 12.0. The average Bonchev–Trinajstić information content (AvgIpc) is 3.12. The number of pyridine rings is 1. The number of amides is 1. The molecule has 0 aliphatic heterocycles. The van der Waals surface area contributed by atoms with Crippen molar-refractivity contribution in [1.82, 2.24) is 15.3 Å².